The highest BCUT2D eigenvalue weighted by Crippen LogP contribution is 2.33. The molecule has 4 rings (SSSR count). The van der Waals surface area contributed by atoms with Gasteiger partial charge in [0.15, 0.2) is 0 Å². The average molecular weight is 421 g/mol. The summed E-state index contributed by atoms with van der Waals surface area (Å²) in [6, 6.07) is 13.2. The number of H-pyrrole nitrogens is 1. The number of aromatic amines is 1. The van der Waals surface area contributed by atoms with Gasteiger partial charge in [-0.15, -0.1) is 0 Å². The second-order valence-corrected chi connectivity index (χ2v) is 7.74. The molecule has 1 aromatic heterocycles. The van der Waals surface area contributed by atoms with Crippen molar-refractivity contribution in [3.8, 4) is 0 Å². The molecule has 0 saturated carbocycles. The summed E-state index contributed by atoms with van der Waals surface area (Å²) in [7, 11) is 0. The Morgan fingerprint density at radius 3 is 2.58 bits per heavy atom. The monoisotopic (exact) mass is 421 g/mol. The van der Waals surface area contributed by atoms with Crippen LogP contribution in [0.3, 0.4) is 0 Å². The average Bonchev–Trinajstić information content (AvgIpc) is 3.17. The Morgan fingerprint density at radius 1 is 1.10 bits per heavy atom. The maximum Gasteiger partial charge on any atom is 0.325 e. The van der Waals surface area contributed by atoms with Crippen LogP contribution in [0.25, 0.3) is 10.9 Å². The summed E-state index contributed by atoms with van der Waals surface area (Å²) in [5.74, 6) is -2.72. The molecule has 0 bridgehead atoms. The lowest BCUT2D eigenvalue weighted by molar-refractivity contribution is -0.149. The molecule has 1 amide bonds. The summed E-state index contributed by atoms with van der Waals surface area (Å²) < 4.78 is 0. The molecule has 2 heterocycles. The van der Waals surface area contributed by atoms with Crippen LogP contribution in [0.5, 0.6) is 0 Å². The zero-order chi connectivity index (χ0) is 22.0. The third-order valence-electron chi connectivity index (χ3n) is 5.70. The lowest BCUT2D eigenvalue weighted by Crippen LogP contribution is -2.43. The fourth-order valence-corrected chi connectivity index (χ4v) is 4.17. The number of anilines is 1. The second kappa shape index (κ2) is 8.61. The number of carboxylic acid groups (broad SMARTS) is 2. The van der Waals surface area contributed by atoms with E-state index in [1.54, 1.807) is 53.6 Å². The molecule has 8 heteroatoms. The molecule has 0 radical (unpaired) electrons. The molecule has 0 aliphatic carbocycles. The Bertz CT molecular complexity index is 1120. The van der Waals surface area contributed by atoms with Gasteiger partial charge in [0.1, 0.15) is 6.04 Å². The highest BCUT2D eigenvalue weighted by atomic mass is 16.4. The van der Waals surface area contributed by atoms with Crippen molar-refractivity contribution in [3.63, 3.8) is 0 Å². The Kier molecular flexibility index (Phi) is 5.73. The summed E-state index contributed by atoms with van der Waals surface area (Å²) in [6.07, 6.45) is 2.84. The lowest BCUT2D eigenvalue weighted by Gasteiger charge is -2.34. The molecule has 31 heavy (non-hydrogen) atoms. The highest BCUT2D eigenvalue weighted by molar-refractivity contribution is 6.05. The number of amides is 1. The number of nitrogens with zero attached hydrogens (tertiary/aromatic N) is 1. The number of rotatable bonds is 6. The van der Waals surface area contributed by atoms with Crippen molar-refractivity contribution in [2.45, 2.75) is 18.9 Å². The quantitative estimate of drug-likeness (QED) is 0.484. The van der Waals surface area contributed by atoms with Crippen molar-refractivity contribution in [2.24, 2.45) is 5.92 Å². The Hall–Kier alpha value is -3.65. The van der Waals surface area contributed by atoms with E-state index < -0.39 is 23.9 Å². The van der Waals surface area contributed by atoms with Crippen molar-refractivity contribution in [3.05, 3.63) is 65.9 Å². The van der Waals surface area contributed by atoms with Crippen LogP contribution in [-0.4, -0.2) is 51.0 Å². The summed E-state index contributed by atoms with van der Waals surface area (Å²) in [5.41, 5.74) is 2.40. The van der Waals surface area contributed by atoms with Gasteiger partial charge >= 0.3 is 11.9 Å². The SMILES string of the molecule is O=C(Nc1ccc2c([C@H](C(=O)O)N3CCC[C@H](C(=O)O)C3)c[nH]c2c1)c1ccccc1. The van der Waals surface area contributed by atoms with E-state index in [2.05, 4.69) is 10.3 Å². The molecule has 1 aliphatic heterocycles. The zero-order valence-electron chi connectivity index (χ0n) is 16.7. The number of fused-ring (bicyclic) bond motifs is 1. The van der Waals surface area contributed by atoms with E-state index in [0.29, 0.717) is 41.7 Å². The smallest absolute Gasteiger partial charge is 0.325 e. The van der Waals surface area contributed by atoms with Crippen LogP contribution < -0.4 is 5.32 Å². The van der Waals surface area contributed by atoms with Gasteiger partial charge < -0.3 is 20.5 Å². The number of benzene rings is 2. The number of hydrogen-bond acceptors (Lipinski definition) is 4. The first kappa shape index (κ1) is 20.6. The first-order valence-corrected chi connectivity index (χ1v) is 10.1. The van der Waals surface area contributed by atoms with Gasteiger partial charge in [-0.05, 0) is 43.7 Å². The number of hydrogen-bond donors (Lipinski definition) is 4. The van der Waals surface area contributed by atoms with E-state index in [0.717, 1.165) is 5.39 Å². The zero-order valence-corrected chi connectivity index (χ0v) is 16.7. The maximum absolute atomic E-state index is 12.4. The molecular weight excluding hydrogens is 398 g/mol. The van der Waals surface area contributed by atoms with Crippen molar-refractivity contribution in [2.75, 3.05) is 18.4 Å². The van der Waals surface area contributed by atoms with Gasteiger partial charge in [0.05, 0.1) is 5.92 Å². The van der Waals surface area contributed by atoms with Crippen molar-refractivity contribution < 1.29 is 24.6 Å². The highest BCUT2D eigenvalue weighted by Gasteiger charge is 2.35. The molecule has 3 aromatic rings. The molecule has 1 saturated heterocycles. The van der Waals surface area contributed by atoms with E-state index >= 15 is 0 Å². The minimum absolute atomic E-state index is 0.199. The van der Waals surface area contributed by atoms with E-state index in [1.807, 2.05) is 6.07 Å². The number of aromatic nitrogens is 1. The van der Waals surface area contributed by atoms with Gasteiger partial charge in [-0.25, -0.2) is 0 Å². The van der Waals surface area contributed by atoms with Crippen LogP contribution in [0.4, 0.5) is 5.69 Å². The molecular formula is C23H23N3O5. The van der Waals surface area contributed by atoms with Crippen LogP contribution >= 0.6 is 0 Å². The van der Waals surface area contributed by atoms with Gasteiger partial charge in [-0.1, -0.05) is 24.3 Å². The van der Waals surface area contributed by atoms with Crippen molar-refractivity contribution in [1.82, 2.24) is 9.88 Å². The summed E-state index contributed by atoms with van der Waals surface area (Å²) >= 11 is 0. The molecule has 1 fully saturated rings. The van der Waals surface area contributed by atoms with Gasteiger partial charge in [0.2, 0.25) is 0 Å². The molecule has 2 atom stereocenters. The van der Waals surface area contributed by atoms with Crippen LogP contribution in [0.2, 0.25) is 0 Å². The maximum atomic E-state index is 12.4. The van der Waals surface area contributed by atoms with E-state index in [-0.39, 0.29) is 12.5 Å². The standard InChI is InChI=1S/C23H23N3O5/c27-21(14-5-2-1-3-6-14)25-16-8-9-17-18(12-24-19(17)11-16)20(23(30)31)26-10-4-7-15(13-26)22(28)29/h1-3,5-6,8-9,11-12,15,20,24H,4,7,10,13H2,(H,25,27)(H,28,29)(H,30,31)/t15-,20+/m0/s1. The van der Waals surface area contributed by atoms with E-state index in [1.165, 1.54) is 0 Å². The lowest BCUT2D eigenvalue weighted by atomic mass is 9.94. The van der Waals surface area contributed by atoms with Crippen LogP contribution in [0.15, 0.2) is 54.7 Å². The predicted octanol–water partition coefficient (Wildman–Crippen LogP) is 3.34. The molecule has 8 nitrogen and oxygen atoms in total. The fourth-order valence-electron chi connectivity index (χ4n) is 4.17. The van der Waals surface area contributed by atoms with Crippen LogP contribution in [0, 0.1) is 5.92 Å². The number of carbonyl (C=O) groups excluding carboxylic acids is 1. The number of likely N-dealkylation sites (tertiary alicyclic amines) is 1. The normalized spacial score (nSPS) is 17.9. The van der Waals surface area contributed by atoms with Crippen LogP contribution in [-0.2, 0) is 9.59 Å². The molecule has 0 unspecified atom stereocenters. The number of carboxylic acids is 2. The number of carbonyl (C=O) groups is 3. The first-order chi connectivity index (χ1) is 14.9. The van der Waals surface area contributed by atoms with Gasteiger partial charge in [-0.3, -0.25) is 19.3 Å². The topological polar surface area (TPSA) is 123 Å². The molecule has 2 aromatic carbocycles. The van der Waals surface area contributed by atoms with E-state index in [9.17, 15) is 24.6 Å². The molecule has 4 N–H and O–H groups in total. The Morgan fingerprint density at radius 2 is 1.87 bits per heavy atom. The first-order valence-electron chi connectivity index (χ1n) is 10.1. The van der Waals surface area contributed by atoms with Crippen molar-refractivity contribution >= 4 is 34.4 Å². The number of nitrogens with one attached hydrogen (secondary N) is 2. The summed E-state index contributed by atoms with van der Waals surface area (Å²) in [4.78, 5) is 40.7. The van der Waals surface area contributed by atoms with Gasteiger partial charge in [-0.2, -0.15) is 0 Å². The van der Waals surface area contributed by atoms with Gasteiger partial charge in [0.25, 0.3) is 5.91 Å². The predicted molar refractivity (Wildman–Crippen MR) is 115 cm³/mol. The van der Waals surface area contributed by atoms with Crippen molar-refractivity contribution in [1.29, 1.82) is 0 Å². The van der Waals surface area contributed by atoms with E-state index in [4.69, 9.17) is 0 Å². The second-order valence-electron chi connectivity index (χ2n) is 7.74. The largest absolute Gasteiger partial charge is 0.481 e. The molecule has 1 aliphatic rings. The molecule has 0 spiro atoms. The summed E-state index contributed by atoms with van der Waals surface area (Å²) in [6.45, 7) is 0.725. The molecule has 160 valence electrons. The minimum Gasteiger partial charge on any atom is -0.481 e. The number of piperidine rings is 1. The van der Waals surface area contributed by atoms with Gasteiger partial charge in [0, 0.05) is 40.5 Å². The Labute approximate surface area is 178 Å². The Balaban J connectivity index is 1.59. The summed E-state index contributed by atoms with van der Waals surface area (Å²) in [5, 5.41) is 22.8. The third-order valence-corrected chi connectivity index (χ3v) is 5.70. The third kappa shape index (κ3) is 4.29. The number of aliphatic carboxylic acids is 2. The van der Waals surface area contributed by atoms with Crippen LogP contribution in [0.1, 0.15) is 34.8 Å². The fraction of sp³-hybridized carbons (Fsp3) is 0.261. The minimum atomic E-state index is -1.02.